The van der Waals surface area contributed by atoms with Crippen LogP contribution in [0.15, 0.2) is 12.1 Å². The number of nitrogens with zero attached hydrogens (tertiary/aromatic N) is 2. The number of anilines is 2. The molecule has 0 aromatic carbocycles. The molecule has 0 atom stereocenters. The molecule has 1 aliphatic carbocycles. The summed E-state index contributed by atoms with van der Waals surface area (Å²) in [6.07, 6.45) is 4.52. The predicted octanol–water partition coefficient (Wildman–Crippen LogP) is 2.14. The molecule has 4 heteroatoms. The maximum absolute atomic E-state index is 5.93. The summed E-state index contributed by atoms with van der Waals surface area (Å²) in [5, 5.41) is 3.54. The van der Waals surface area contributed by atoms with Gasteiger partial charge in [-0.15, -0.1) is 0 Å². The van der Waals surface area contributed by atoms with Gasteiger partial charge in [-0.3, -0.25) is 0 Å². The molecule has 0 unspecified atom stereocenters. The quantitative estimate of drug-likeness (QED) is 0.860. The molecule has 0 amide bonds. The van der Waals surface area contributed by atoms with Crippen molar-refractivity contribution in [1.29, 1.82) is 0 Å². The largest absolute Gasteiger partial charge is 0.377 e. The molecule has 0 aliphatic heterocycles. The number of hydrogen-bond acceptors (Lipinski definition) is 4. The molecular formula is C14H24N4. The van der Waals surface area contributed by atoms with E-state index >= 15 is 0 Å². The third kappa shape index (κ3) is 3.35. The molecule has 4 nitrogen and oxygen atoms in total. The van der Waals surface area contributed by atoms with Crippen molar-refractivity contribution in [2.45, 2.75) is 44.7 Å². The summed E-state index contributed by atoms with van der Waals surface area (Å²) < 4.78 is 0. The highest BCUT2D eigenvalue weighted by atomic mass is 15.1. The van der Waals surface area contributed by atoms with Crippen molar-refractivity contribution < 1.29 is 0 Å². The Kier molecular flexibility index (Phi) is 4.07. The molecule has 1 aromatic rings. The summed E-state index contributed by atoms with van der Waals surface area (Å²) in [4.78, 5) is 6.67. The van der Waals surface area contributed by atoms with E-state index in [1.165, 1.54) is 5.69 Å². The van der Waals surface area contributed by atoms with E-state index in [-0.39, 0.29) is 0 Å². The lowest BCUT2D eigenvalue weighted by Crippen LogP contribution is -2.33. The molecule has 1 saturated carbocycles. The smallest absolute Gasteiger partial charge is 0.128 e. The maximum atomic E-state index is 5.93. The Morgan fingerprint density at radius 3 is 2.50 bits per heavy atom. The molecule has 1 aromatic heterocycles. The zero-order chi connectivity index (χ0) is 13.1. The zero-order valence-electron chi connectivity index (χ0n) is 11.6. The fourth-order valence-electron chi connectivity index (χ4n) is 2.46. The van der Waals surface area contributed by atoms with Gasteiger partial charge in [0.2, 0.25) is 0 Å². The molecule has 18 heavy (non-hydrogen) atoms. The summed E-state index contributed by atoms with van der Waals surface area (Å²) in [6.45, 7) is 2.04. The Morgan fingerprint density at radius 2 is 1.89 bits per heavy atom. The van der Waals surface area contributed by atoms with Gasteiger partial charge in [-0.2, -0.15) is 0 Å². The van der Waals surface area contributed by atoms with E-state index in [2.05, 4.69) is 41.4 Å². The van der Waals surface area contributed by atoms with Gasteiger partial charge in [0.05, 0.1) is 0 Å². The second kappa shape index (κ2) is 5.57. The molecule has 1 aliphatic rings. The molecule has 0 saturated heterocycles. The molecule has 1 fully saturated rings. The van der Waals surface area contributed by atoms with Crippen molar-refractivity contribution in [1.82, 2.24) is 4.98 Å². The molecule has 2 rings (SSSR count). The highest BCUT2D eigenvalue weighted by molar-refractivity contribution is 5.54. The summed E-state index contributed by atoms with van der Waals surface area (Å²) in [6, 6.07) is 5.13. The first kappa shape index (κ1) is 13.1. The van der Waals surface area contributed by atoms with Gasteiger partial charge in [-0.1, -0.05) is 0 Å². The minimum absolute atomic E-state index is 0.394. The topological polar surface area (TPSA) is 54.2 Å². The van der Waals surface area contributed by atoms with Crippen LogP contribution in [-0.4, -0.2) is 31.2 Å². The van der Waals surface area contributed by atoms with Crippen molar-refractivity contribution in [3.05, 3.63) is 17.8 Å². The van der Waals surface area contributed by atoms with Crippen LogP contribution in [0.3, 0.4) is 0 Å². The Labute approximate surface area is 110 Å². The van der Waals surface area contributed by atoms with Crippen LogP contribution in [0.25, 0.3) is 0 Å². The van der Waals surface area contributed by atoms with Crippen molar-refractivity contribution in [3.8, 4) is 0 Å². The second-order valence-electron chi connectivity index (χ2n) is 5.50. The minimum Gasteiger partial charge on any atom is -0.377 e. The van der Waals surface area contributed by atoms with E-state index in [0.717, 1.165) is 37.2 Å². The highest BCUT2D eigenvalue weighted by Crippen LogP contribution is 2.23. The lowest BCUT2D eigenvalue weighted by atomic mass is 9.92. The van der Waals surface area contributed by atoms with Gasteiger partial charge in [0.15, 0.2) is 0 Å². The molecule has 0 spiro atoms. The van der Waals surface area contributed by atoms with Gasteiger partial charge in [-0.25, -0.2) is 4.98 Å². The van der Waals surface area contributed by atoms with Crippen LogP contribution in [0.5, 0.6) is 0 Å². The highest BCUT2D eigenvalue weighted by Gasteiger charge is 2.18. The number of nitrogens with one attached hydrogen (secondary N) is 1. The Balaban J connectivity index is 2.04. The molecule has 3 N–H and O–H groups in total. The van der Waals surface area contributed by atoms with Gasteiger partial charge in [0.1, 0.15) is 5.82 Å². The average Bonchev–Trinajstić information content (AvgIpc) is 2.31. The number of pyridine rings is 1. The second-order valence-corrected chi connectivity index (χ2v) is 5.50. The van der Waals surface area contributed by atoms with E-state index in [0.29, 0.717) is 12.1 Å². The van der Waals surface area contributed by atoms with Crippen molar-refractivity contribution in [2.75, 3.05) is 24.3 Å². The first-order valence-corrected chi connectivity index (χ1v) is 6.72. The van der Waals surface area contributed by atoms with Crippen LogP contribution in [0.4, 0.5) is 11.5 Å². The lowest BCUT2D eigenvalue weighted by Gasteiger charge is -2.27. The molecule has 100 valence electrons. The Morgan fingerprint density at radius 1 is 1.22 bits per heavy atom. The molecule has 1 heterocycles. The van der Waals surface area contributed by atoms with Gasteiger partial charge in [0, 0.05) is 43.6 Å². The maximum Gasteiger partial charge on any atom is 0.128 e. The van der Waals surface area contributed by atoms with E-state index in [1.807, 2.05) is 6.92 Å². The van der Waals surface area contributed by atoms with Gasteiger partial charge in [-0.05, 0) is 38.7 Å². The monoisotopic (exact) mass is 248 g/mol. The summed E-state index contributed by atoms with van der Waals surface area (Å²) in [5.41, 5.74) is 8.17. The fraction of sp³-hybridized carbons (Fsp3) is 0.643. The van der Waals surface area contributed by atoms with Crippen LogP contribution in [0.1, 0.15) is 31.4 Å². The molecular weight excluding hydrogens is 224 g/mol. The van der Waals surface area contributed by atoms with Gasteiger partial charge >= 0.3 is 0 Å². The molecule has 0 bridgehead atoms. The van der Waals surface area contributed by atoms with Crippen molar-refractivity contribution in [3.63, 3.8) is 0 Å². The zero-order valence-corrected chi connectivity index (χ0v) is 11.6. The van der Waals surface area contributed by atoms with Crippen molar-refractivity contribution in [2.24, 2.45) is 5.73 Å². The normalized spacial score (nSPS) is 23.8. The van der Waals surface area contributed by atoms with Crippen molar-refractivity contribution >= 4 is 11.5 Å². The van der Waals surface area contributed by atoms with E-state index in [1.54, 1.807) is 0 Å². The predicted molar refractivity (Wildman–Crippen MR) is 77.2 cm³/mol. The average molecular weight is 248 g/mol. The van der Waals surface area contributed by atoms with Gasteiger partial charge in [0.25, 0.3) is 0 Å². The summed E-state index contributed by atoms with van der Waals surface area (Å²) in [7, 11) is 4.11. The Bertz CT molecular complexity index is 395. The van der Waals surface area contributed by atoms with Crippen LogP contribution in [0, 0.1) is 6.92 Å². The number of nitrogens with two attached hydrogens (primary N) is 1. The third-order valence-electron chi connectivity index (χ3n) is 3.58. The van der Waals surface area contributed by atoms with E-state index in [9.17, 15) is 0 Å². The number of aryl methyl sites for hydroxylation is 1. The lowest BCUT2D eigenvalue weighted by molar-refractivity contribution is 0.410. The first-order valence-electron chi connectivity index (χ1n) is 6.72. The van der Waals surface area contributed by atoms with E-state index < -0.39 is 0 Å². The Hall–Kier alpha value is -1.29. The number of hydrogen-bond donors (Lipinski definition) is 2. The van der Waals surface area contributed by atoms with Gasteiger partial charge < -0.3 is 16.0 Å². The minimum atomic E-state index is 0.394. The first-order chi connectivity index (χ1) is 8.54. The van der Waals surface area contributed by atoms with Crippen LogP contribution >= 0.6 is 0 Å². The van der Waals surface area contributed by atoms with Crippen LogP contribution < -0.4 is 16.0 Å². The standard InChI is InChI=1S/C14H24N4/c1-10-8-13(18(2)3)9-14(16-10)17-12-6-4-11(15)5-7-12/h8-9,11-12H,4-7,15H2,1-3H3,(H,16,17)/t11-,12+. The fourth-order valence-corrected chi connectivity index (χ4v) is 2.46. The van der Waals surface area contributed by atoms with Crippen LogP contribution in [-0.2, 0) is 0 Å². The number of rotatable bonds is 3. The third-order valence-corrected chi connectivity index (χ3v) is 3.58. The SMILES string of the molecule is Cc1cc(N(C)C)cc(N[C@H]2CC[C@@H](N)CC2)n1. The van der Waals surface area contributed by atoms with Crippen LogP contribution in [0.2, 0.25) is 0 Å². The summed E-state index contributed by atoms with van der Waals surface area (Å²) >= 11 is 0. The van der Waals surface area contributed by atoms with E-state index in [4.69, 9.17) is 5.73 Å². The molecule has 0 radical (unpaired) electrons. The number of aromatic nitrogens is 1. The summed E-state index contributed by atoms with van der Waals surface area (Å²) in [5.74, 6) is 0.985.